The number of benzene rings is 1. The summed E-state index contributed by atoms with van der Waals surface area (Å²) in [6.07, 6.45) is 2.61. The molecule has 2 rings (SSSR count). The highest BCUT2D eigenvalue weighted by atomic mass is 32.2. The lowest BCUT2D eigenvalue weighted by molar-refractivity contribution is 0.248. The van der Waals surface area contributed by atoms with E-state index in [1.807, 2.05) is 6.92 Å². The maximum absolute atomic E-state index is 13.5. The second-order valence-electron chi connectivity index (χ2n) is 5.15. The van der Waals surface area contributed by atoms with Crippen LogP contribution in [-0.4, -0.2) is 14.0 Å². The molecule has 0 aliphatic heterocycles. The summed E-state index contributed by atoms with van der Waals surface area (Å²) in [5.74, 6) is -0.603. The van der Waals surface area contributed by atoms with Gasteiger partial charge in [0.1, 0.15) is 5.82 Å². The Bertz CT molecular complexity index is 580. The van der Waals surface area contributed by atoms with E-state index in [4.69, 9.17) is 5.73 Å². The van der Waals surface area contributed by atoms with Crippen LogP contribution < -0.4 is 10.5 Å². The number of nitrogens with one attached hydrogen (secondary N) is 1. The van der Waals surface area contributed by atoms with E-state index < -0.39 is 21.4 Å². The predicted molar refractivity (Wildman–Crippen MR) is 68.1 cm³/mol. The van der Waals surface area contributed by atoms with Crippen molar-refractivity contribution in [2.24, 2.45) is 0 Å². The highest BCUT2D eigenvalue weighted by molar-refractivity contribution is 7.89. The van der Waals surface area contributed by atoms with Crippen molar-refractivity contribution in [3.8, 4) is 0 Å². The molecule has 4 nitrogen and oxygen atoms in total. The zero-order valence-electron chi connectivity index (χ0n) is 10.5. The molecular formula is C12H17FN2O2S. The van der Waals surface area contributed by atoms with Crippen LogP contribution in [0.4, 0.5) is 10.1 Å². The number of hydrogen-bond acceptors (Lipinski definition) is 3. The van der Waals surface area contributed by atoms with Crippen LogP contribution in [0.5, 0.6) is 0 Å². The Morgan fingerprint density at radius 3 is 2.50 bits per heavy atom. The minimum atomic E-state index is -3.72. The average molecular weight is 272 g/mol. The minimum Gasteiger partial charge on any atom is -0.399 e. The monoisotopic (exact) mass is 272 g/mol. The molecule has 1 fully saturated rings. The average Bonchev–Trinajstić information content (AvgIpc) is 2.20. The van der Waals surface area contributed by atoms with E-state index in [1.54, 1.807) is 0 Å². The van der Waals surface area contributed by atoms with Crippen LogP contribution in [0.25, 0.3) is 0 Å². The van der Waals surface area contributed by atoms with Gasteiger partial charge in [0.25, 0.3) is 0 Å². The van der Waals surface area contributed by atoms with Crippen molar-refractivity contribution in [3.63, 3.8) is 0 Å². The Labute approximate surface area is 106 Å². The number of nitrogens with two attached hydrogens (primary N) is 1. The summed E-state index contributed by atoms with van der Waals surface area (Å²) in [4.78, 5) is -0.0758. The van der Waals surface area contributed by atoms with Gasteiger partial charge in [-0.05, 0) is 45.2 Å². The second kappa shape index (κ2) is 4.20. The molecule has 0 spiro atoms. The molecule has 1 aliphatic rings. The molecular weight excluding hydrogens is 255 g/mol. The summed E-state index contributed by atoms with van der Waals surface area (Å²) >= 11 is 0. The summed E-state index contributed by atoms with van der Waals surface area (Å²) in [5, 5.41) is 0. The molecule has 3 N–H and O–H groups in total. The molecule has 0 aromatic heterocycles. The third kappa shape index (κ3) is 2.35. The zero-order chi connectivity index (χ0) is 13.6. The molecule has 0 amide bonds. The molecule has 6 heteroatoms. The van der Waals surface area contributed by atoms with Gasteiger partial charge in [0, 0.05) is 16.8 Å². The Hall–Kier alpha value is -1.14. The zero-order valence-corrected chi connectivity index (χ0v) is 11.3. The van der Waals surface area contributed by atoms with E-state index in [-0.39, 0.29) is 16.1 Å². The van der Waals surface area contributed by atoms with Crippen LogP contribution in [0.3, 0.4) is 0 Å². The minimum absolute atomic E-state index is 0.0758. The van der Waals surface area contributed by atoms with Gasteiger partial charge in [0.05, 0.1) is 4.90 Å². The van der Waals surface area contributed by atoms with E-state index in [0.29, 0.717) is 0 Å². The van der Waals surface area contributed by atoms with Crippen molar-refractivity contribution >= 4 is 15.7 Å². The third-order valence-corrected chi connectivity index (χ3v) is 5.21. The van der Waals surface area contributed by atoms with Crippen molar-refractivity contribution < 1.29 is 12.8 Å². The maximum Gasteiger partial charge on any atom is 0.241 e. The molecule has 100 valence electrons. The summed E-state index contributed by atoms with van der Waals surface area (Å²) in [7, 11) is -3.72. The highest BCUT2D eigenvalue weighted by Gasteiger charge is 2.36. The first kappa shape index (κ1) is 13.3. The van der Waals surface area contributed by atoms with Crippen molar-refractivity contribution in [1.82, 2.24) is 4.72 Å². The molecule has 0 unspecified atom stereocenters. The fourth-order valence-corrected chi connectivity index (χ4v) is 3.90. The molecule has 1 aromatic carbocycles. The molecule has 0 heterocycles. The van der Waals surface area contributed by atoms with Gasteiger partial charge in [-0.15, -0.1) is 0 Å². The van der Waals surface area contributed by atoms with Crippen molar-refractivity contribution in [3.05, 3.63) is 23.5 Å². The van der Waals surface area contributed by atoms with Crippen LogP contribution >= 0.6 is 0 Å². The third-order valence-electron chi connectivity index (χ3n) is 3.45. The number of rotatable bonds is 3. The molecule has 1 aliphatic carbocycles. The number of nitrogen functional groups attached to an aromatic ring is 1. The van der Waals surface area contributed by atoms with Crippen LogP contribution in [-0.2, 0) is 10.0 Å². The number of hydrogen-bond donors (Lipinski definition) is 2. The standard InChI is InChI=1S/C12H17FN2O2S/c1-8-10(13)6-9(14)7-11(8)18(16,17)15-12(2)4-3-5-12/h6-7,15H,3-5,14H2,1-2H3. The first-order valence-corrected chi connectivity index (χ1v) is 7.31. The van der Waals surface area contributed by atoms with Gasteiger partial charge >= 0.3 is 0 Å². The van der Waals surface area contributed by atoms with E-state index in [9.17, 15) is 12.8 Å². The van der Waals surface area contributed by atoms with Gasteiger partial charge in [-0.1, -0.05) is 0 Å². The van der Waals surface area contributed by atoms with Crippen LogP contribution in [0.1, 0.15) is 31.7 Å². The number of halogens is 1. The van der Waals surface area contributed by atoms with Gasteiger partial charge in [-0.3, -0.25) is 0 Å². The van der Waals surface area contributed by atoms with Crippen LogP contribution in [0, 0.1) is 12.7 Å². The fourth-order valence-electron chi connectivity index (χ4n) is 2.14. The van der Waals surface area contributed by atoms with Crippen molar-refractivity contribution in [2.45, 2.75) is 43.5 Å². The molecule has 0 saturated heterocycles. The lowest BCUT2D eigenvalue weighted by atomic mass is 9.80. The van der Waals surface area contributed by atoms with Gasteiger partial charge in [0.15, 0.2) is 0 Å². The summed E-state index contributed by atoms with van der Waals surface area (Å²) in [6, 6.07) is 2.42. The Kier molecular flexibility index (Phi) is 3.11. The number of sulfonamides is 1. The lowest BCUT2D eigenvalue weighted by Gasteiger charge is -2.38. The molecule has 0 radical (unpaired) electrons. The summed E-state index contributed by atoms with van der Waals surface area (Å²) in [6.45, 7) is 3.29. The Morgan fingerprint density at radius 1 is 1.39 bits per heavy atom. The highest BCUT2D eigenvalue weighted by Crippen LogP contribution is 2.33. The predicted octanol–water partition coefficient (Wildman–Crippen LogP) is 1.94. The van der Waals surface area contributed by atoms with E-state index in [0.717, 1.165) is 25.3 Å². The quantitative estimate of drug-likeness (QED) is 0.826. The largest absolute Gasteiger partial charge is 0.399 e. The summed E-state index contributed by atoms with van der Waals surface area (Å²) < 4.78 is 40.6. The van der Waals surface area contributed by atoms with Crippen molar-refractivity contribution in [2.75, 3.05) is 5.73 Å². The SMILES string of the molecule is Cc1c(F)cc(N)cc1S(=O)(=O)NC1(C)CCC1. The van der Waals surface area contributed by atoms with Crippen LogP contribution in [0.2, 0.25) is 0 Å². The van der Waals surface area contributed by atoms with Gasteiger partial charge < -0.3 is 5.73 Å². The normalized spacial score (nSPS) is 18.4. The fraction of sp³-hybridized carbons (Fsp3) is 0.500. The molecule has 0 atom stereocenters. The first-order valence-electron chi connectivity index (χ1n) is 5.83. The number of anilines is 1. The topological polar surface area (TPSA) is 72.2 Å². The first-order chi connectivity index (χ1) is 8.23. The van der Waals surface area contributed by atoms with E-state index >= 15 is 0 Å². The molecule has 1 aromatic rings. The lowest BCUT2D eigenvalue weighted by Crippen LogP contribution is -2.50. The van der Waals surface area contributed by atoms with E-state index in [1.165, 1.54) is 13.0 Å². The smallest absolute Gasteiger partial charge is 0.241 e. The van der Waals surface area contributed by atoms with Crippen molar-refractivity contribution in [1.29, 1.82) is 0 Å². The molecule has 1 saturated carbocycles. The van der Waals surface area contributed by atoms with E-state index in [2.05, 4.69) is 4.72 Å². The maximum atomic E-state index is 13.5. The second-order valence-corrected chi connectivity index (χ2v) is 6.80. The van der Waals surface area contributed by atoms with Gasteiger partial charge in [0.2, 0.25) is 10.0 Å². The Morgan fingerprint density at radius 2 is 2.00 bits per heavy atom. The van der Waals surface area contributed by atoms with Gasteiger partial charge in [-0.2, -0.15) is 0 Å². The molecule has 0 bridgehead atoms. The Balaban J connectivity index is 2.41. The summed E-state index contributed by atoms with van der Waals surface area (Å²) in [5.41, 5.74) is 5.30. The van der Waals surface area contributed by atoms with Gasteiger partial charge in [-0.25, -0.2) is 17.5 Å². The molecule has 18 heavy (non-hydrogen) atoms. The van der Waals surface area contributed by atoms with Crippen LogP contribution in [0.15, 0.2) is 17.0 Å².